The van der Waals surface area contributed by atoms with Gasteiger partial charge in [-0.3, -0.25) is 0 Å². The molecule has 0 spiro atoms. The first-order valence-electron chi connectivity index (χ1n) is 7.26. The van der Waals surface area contributed by atoms with Gasteiger partial charge in [0.15, 0.2) is 0 Å². The van der Waals surface area contributed by atoms with Crippen molar-refractivity contribution in [3.63, 3.8) is 0 Å². The molecule has 0 saturated carbocycles. The summed E-state index contributed by atoms with van der Waals surface area (Å²) in [5, 5.41) is 12.7. The minimum atomic E-state index is -4.94. The Balaban J connectivity index is 2.14. The van der Waals surface area contributed by atoms with Crippen LogP contribution in [0.15, 0.2) is 47.6 Å². The van der Waals surface area contributed by atoms with Crippen molar-refractivity contribution in [2.75, 3.05) is 6.61 Å². The summed E-state index contributed by atoms with van der Waals surface area (Å²) in [6.45, 7) is -0.414. The number of halogens is 6. The van der Waals surface area contributed by atoms with Crippen molar-refractivity contribution >= 4 is 6.21 Å². The van der Waals surface area contributed by atoms with Gasteiger partial charge in [-0.2, -0.15) is 26.3 Å². The molecule has 0 fully saturated rings. The molecule has 9 heteroatoms. The fraction of sp³-hybridized carbons (Fsp3) is 0.167. The van der Waals surface area contributed by atoms with E-state index in [0.717, 1.165) is 6.21 Å². The van der Waals surface area contributed by atoms with Gasteiger partial charge in [-0.05, 0) is 41.1 Å². The quantitative estimate of drug-likeness (QED) is 0.320. The average molecular weight is 386 g/mol. The largest absolute Gasteiger partial charge is 0.481 e. The molecule has 2 aromatic carbocycles. The number of hydrogen-bond donors (Lipinski definition) is 0. The van der Waals surface area contributed by atoms with Gasteiger partial charge >= 0.3 is 12.4 Å². The van der Waals surface area contributed by atoms with Crippen LogP contribution in [0.2, 0.25) is 0 Å². The van der Waals surface area contributed by atoms with Crippen LogP contribution in [-0.4, -0.2) is 12.8 Å². The van der Waals surface area contributed by atoms with E-state index < -0.39 is 35.8 Å². The first-order chi connectivity index (χ1) is 12.6. The van der Waals surface area contributed by atoms with Crippen LogP contribution in [-0.2, 0) is 17.6 Å². The second kappa shape index (κ2) is 8.03. The molecule has 0 atom stereocenters. The Kier molecular flexibility index (Phi) is 6.00. The molecule has 0 aliphatic carbocycles. The second-order valence-electron chi connectivity index (χ2n) is 5.19. The highest BCUT2D eigenvalue weighted by Gasteiger charge is 2.37. The van der Waals surface area contributed by atoms with Gasteiger partial charge in [-0.1, -0.05) is 24.0 Å². The number of nitrogens with zero attached hydrogens (tertiary/aromatic N) is 1. The maximum absolute atomic E-state index is 12.8. The molecule has 0 bridgehead atoms. The van der Waals surface area contributed by atoms with Crippen LogP contribution in [0, 0.1) is 11.8 Å². The monoisotopic (exact) mass is 386 g/mol. The summed E-state index contributed by atoms with van der Waals surface area (Å²) in [7, 11) is 0. The predicted octanol–water partition coefficient (Wildman–Crippen LogP) is 4.92. The maximum atomic E-state index is 12.8. The Hall–Kier alpha value is -3.15. The smallest absolute Gasteiger partial charge is 0.416 e. The van der Waals surface area contributed by atoms with Crippen LogP contribution < -0.4 is 4.74 Å². The van der Waals surface area contributed by atoms with E-state index in [2.05, 4.69) is 17.0 Å². The van der Waals surface area contributed by atoms with Gasteiger partial charge in [0.2, 0.25) is 0 Å². The molecule has 0 unspecified atom stereocenters. The molecular formula is C18H10F6NO2. The summed E-state index contributed by atoms with van der Waals surface area (Å²) >= 11 is 0. The third kappa shape index (κ3) is 5.95. The summed E-state index contributed by atoms with van der Waals surface area (Å²) in [4.78, 5) is 0. The van der Waals surface area contributed by atoms with Crippen molar-refractivity contribution in [2.24, 2.45) is 5.16 Å². The highest BCUT2D eigenvalue weighted by molar-refractivity contribution is 5.79. The molecule has 27 heavy (non-hydrogen) atoms. The van der Waals surface area contributed by atoms with Crippen molar-refractivity contribution in [3.8, 4) is 17.6 Å². The molecule has 0 saturated heterocycles. The standard InChI is InChI=1S/C18H10F6NO2/c19-17(20,21)14-8-15(18(22,23)24)10-16(9-14)27-7-1-2-12-3-5-13(6-4-12)11-25-26/h3-6,8-11H,7H2/b25-11+. The lowest BCUT2D eigenvalue weighted by Gasteiger charge is -2.14. The van der Waals surface area contributed by atoms with Gasteiger partial charge in [0.1, 0.15) is 12.4 Å². The van der Waals surface area contributed by atoms with Gasteiger partial charge < -0.3 is 4.74 Å². The maximum Gasteiger partial charge on any atom is 0.416 e. The Bertz CT molecular complexity index is 842. The molecule has 2 rings (SSSR count). The Morgan fingerprint density at radius 3 is 1.96 bits per heavy atom. The van der Waals surface area contributed by atoms with Crippen LogP contribution in [0.3, 0.4) is 0 Å². The van der Waals surface area contributed by atoms with E-state index in [1.807, 2.05) is 0 Å². The fourth-order valence-corrected chi connectivity index (χ4v) is 1.98. The highest BCUT2D eigenvalue weighted by atomic mass is 19.4. The number of ether oxygens (including phenoxy) is 1. The predicted molar refractivity (Wildman–Crippen MR) is 83.5 cm³/mol. The Morgan fingerprint density at radius 1 is 0.926 bits per heavy atom. The minimum Gasteiger partial charge on any atom is -0.481 e. The molecule has 0 heterocycles. The summed E-state index contributed by atoms with van der Waals surface area (Å²) in [5.74, 6) is 4.53. The van der Waals surface area contributed by atoms with Gasteiger partial charge in [-0.25, -0.2) is 0 Å². The summed E-state index contributed by atoms with van der Waals surface area (Å²) in [5.41, 5.74) is -1.86. The molecule has 0 aromatic heterocycles. The highest BCUT2D eigenvalue weighted by Crippen LogP contribution is 2.38. The van der Waals surface area contributed by atoms with Crippen LogP contribution >= 0.6 is 0 Å². The Morgan fingerprint density at radius 2 is 1.48 bits per heavy atom. The lowest BCUT2D eigenvalue weighted by atomic mass is 10.1. The van der Waals surface area contributed by atoms with Crippen LogP contribution in [0.1, 0.15) is 22.3 Å². The van der Waals surface area contributed by atoms with E-state index >= 15 is 0 Å². The SMILES string of the molecule is [O]/N=C/c1ccc(C#CCOc2cc(C(F)(F)F)cc(C(F)(F)F)c2)cc1. The van der Waals surface area contributed by atoms with Crippen LogP contribution in [0.5, 0.6) is 5.75 Å². The first-order valence-corrected chi connectivity index (χ1v) is 7.26. The zero-order chi connectivity index (χ0) is 20.1. The second-order valence-corrected chi connectivity index (χ2v) is 5.19. The third-order valence-electron chi connectivity index (χ3n) is 3.22. The van der Waals surface area contributed by atoms with Crippen LogP contribution in [0.4, 0.5) is 26.3 Å². The van der Waals surface area contributed by atoms with Crippen molar-refractivity contribution in [1.29, 1.82) is 0 Å². The fourth-order valence-electron chi connectivity index (χ4n) is 1.98. The molecular weight excluding hydrogens is 376 g/mol. The lowest BCUT2D eigenvalue weighted by molar-refractivity contribution is -0.143. The molecule has 0 amide bonds. The van der Waals surface area contributed by atoms with Gasteiger partial charge in [-0.15, -0.1) is 5.21 Å². The van der Waals surface area contributed by atoms with Crippen molar-refractivity contribution in [2.45, 2.75) is 12.4 Å². The van der Waals surface area contributed by atoms with E-state index in [0.29, 0.717) is 23.3 Å². The molecule has 1 radical (unpaired) electrons. The van der Waals surface area contributed by atoms with Crippen molar-refractivity contribution in [1.82, 2.24) is 0 Å². The lowest BCUT2D eigenvalue weighted by Crippen LogP contribution is -2.11. The number of alkyl halides is 6. The van der Waals surface area contributed by atoms with E-state index in [-0.39, 0.29) is 6.07 Å². The summed E-state index contributed by atoms with van der Waals surface area (Å²) < 4.78 is 81.4. The molecule has 141 valence electrons. The zero-order valence-electron chi connectivity index (χ0n) is 13.4. The molecule has 2 aromatic rings. The van der Waals surface area contributed by atoms with Gasteiger partial charge in [0.25, 0.3) is 0 Å². The molecule has 3 nitrogen and oxygen atoms in total. The van der Waals surface area contributed by atoms with E-state index in [4.69, 9.17) is 4.74 Å². The van der Waals surface area contributed by atoms with E-state index in [1.165, 1.54) is 0 Å². The van der Waals surface area contributed by atoms with E-state index in [9.17, 15) is 31.5 Å². The number of rotatable bonds is 3. The minimum absolute atomic E-state index is 0.0191. The summed E-state index contributed by atoms with van der Waals surface area (Å²) in [6.07, 6.45) is -8.80. The van der Waals surface area contributed by atoms with Crippen LogP contribution in [0.25, 0.3) is 0 Å². The molecule has 0 aliphatic rings. The Labute approximate surface area is 149 Å². The van der Waals surface area contributed by atoms with Gasteiger partial charge in [0, 0.05) is 5.56 Å². The average Bonchev–Trinajstić information content (AvgIpc) is 2.58. The number of benzene rings is 2. The van der Waals surface area contributed by atoms with Crippen molar-refractivity contribution < 1.29 is 36.3 Å². The zero-order valence-corrected chi connectivity index (χ0v) is 13.4. The number of hydrogen-bond acceptors (Lipinski definition) is 2. The summed E-state index contributed by atoms with van der Waals surface area (Å²) in [6, 6.07) is 7.24. The molecule has 0 aliphatic heterocycles. The van der Waals surface area contributed by atoms with Gasteiger partial charge in [0.05, 0.1) is 17.3 Å². The first kappa shape index (κ1) is 20.2. The van der Waals surface area contributed by atoms with E-state index in [1.54, 1.807) is 24.3 Å². The van der Waals surface area contributed by atoms with Crippen molar-refractivity contribution in [3.05, 3.63) is 64.7 Å². The normalized spacial score (nSPS) is 11.9. The third-order valence-corrected chi connectivity index (χ3v) is 3.22. The molecule has 0 N–H and O–H groups in total. The topological polar surface area (TPSA) is 41.5 Å².